The zero-order valence-corrected chi connectivity index (χ0v) is 21.5. The molecule has 184 valence electrons. The van der Waals surface area contributed by atoms with Crippen LogP contribution in [0.15, 0.2) is 40.9 Å². The fraction of sp³-hybridized carbons (Fsp3) is 0.643. The van der Waals surface area contributed by atoms with Crippen molar-refractivity contribution < 1.29 is 14.4 Å². The predicted molar refractivity (Wildman–Crippen MR) is 135 cm³/mol. The predicted octanol–water partition coefficient (Wildman–Crippen LogP) is 5.55. The maximum absolute atomic E-state index is 12.4. The van der Waals surface area contributed by atoms with Crippen molar-refractivity contribution in [1.82, 2.24) is 10.8 Å². The van der Waals surface area contributed by atoms with Crippen molar-refractivity contribution >= 4 is 23.0 Å². The highest BCUT2D eigenvalue weighted by atomic mass is 32.1. The maximum Gasteiger partial charge on any atom is 0.249 e. The van der Waals surface area contributed by atoms with Crippen molar-refractivity contribution in [3.05, 3.63) is 45.8 Å². The number of amides is 1. The molecule has 0 spiro atoms. The molecule has 1 aromatic rings. The lowest BCUT2D eigenvalue weighted by Gasteiger charge is -2.57. The van der Waals surface area contributed by atoms with Gasteiger partial charge in [0, 0.05) is 10.8 Å². The minimum atomic E-state index is -0.124. The third kappa shape index (κ3) is 4.17. The van der Waals surface area contributed by atoms with E-state index in [1.165, 1.54) is 31.3 Å². The second-order valence-corrected chi connectivity index (χ2v) is 12.4. The Hall–Kier alpha value is -1.92. The van der Waals surface area contributed by atoms with Gasteiger partial charge in [0.1, 0.15) is 5.78 Å². The molecule has 0 radical (unpaired) electrons. The molecular weight excluding hydrogens is 444 g/mol. The van der Waals surface area contributed by atoms with Gasteiger partial charge < -0.3 is 5.32 Å². The molecule has 0 saturated heterocycles. The summed E-state index contributed by atoms with van der Waals surface area (Å²) < 4.78 is 0. The molecule has 6 heteroatoms. The second kappa shape index (κ2) is 9.27. The van der Waals surface area contributed by atoms with Crippen molar-refractivity contribution in [1.29, 1.82) is 0 Å². The van der Waals surface area contributed by atoms with Crippen LogP contribution in [0.3, 0.4) is 0 Å². The van der Waals surface area contributed by atoms with Gasteiger partial charge in [0.15, 0.2) is 6.61 Å². The van der Waals surface area contributed by atoms with Crippen molar-refractivity contribution in [2.75, 3.05) is 6.61 Å². The van der Waals surface area contributed by atoms with Gasteiger partial charge in [-0.3, -0.25) is 19.9 Å². The summed E-state index contributed by atoms with van der Waals surface area (Å²) >= 11 is 1.63. The summed E-state index contributed by atoms with van der Waals surface area (Å²) in [5.74, 6) is 2.67. The van der Waals surface area contributed by atoms with E-state index in [4.69, 9.17) is 4.84 Å². The Kier molecular flexibility index (Phi) is 6.49. The number of rotatable bonds is 7. The Labute approximate surface area is 207 Å². The lowest BCUT2D eigenvalue weighted by atomic mass is 9.47. The van der Waals surface area contributed by atoms with Crippen molar-refractivity contribution in [3.8, 4) is 0 Å². The molecular formula is C28H38N2O3S. The topological polar surface area (TPSA) is 67.4 Å². The van der Waals surface area contributed by atoms with Crippen LogP contribution in [0, 0.1) is 34.5 Å². The first-order chi connectivity index (χ1) is 16.3. The van der Waals surface area contributed by atoms with E-state index in [2.05, 4.69) is 36.8 Å². The van der Waals surface area contributed by atoms with E-state index in [1.807, 2.05) is 24.4 Å². The largest absolute Gasteiger partial charge is 0.349 e. The van der Waals surface area contributed by atoms with E-state index in [-0.39, 0.29) is 29.3 Å². The molecule has 1 aromatic heterocycles. The standard InChI is InChI=1S/C28H38N2O3S/c1-18(31)23-8-9-24-22-7-6-19-15-20(10-12-27(19,2)25(22)11-13-28(23,24)3)30-33-17-26(32)29-16-21-5-4-14-34-21/h4-5,10,14-15,22-25,30H,6-9,11-13,16-17H2,1-3H3,(H,29,32)/t22-,23+,24+,25+,27-,28+/m0/s1. The van der Waals surface area contributed by atoms with Gasteiger partial charge in [-0.25, -0.2) is 0 Å². The quantitative estimate of drug-likeness (QED) is 0.500. The average molecular weight is 483 g/mol. The lowest BCUT2D eigenvalue weighted by molar-refractivity contribution is -0.128. The number of hydrogen-bond donors (Lipinski definition) is 2. The number of thiophene rings is 1. The fourth-order valence-corrected chi connectivity index (χ4v) is 8.63. The second-order valence-electron chi connectivity index (χ2n) is 11.4. The smallest absolute Gasteiger partial charge is 0.249 e. The zero-order valence-electron chi connectivity index (χ0n) is 20.7. The molecule has 5 nitrogen and oxygen atoms in total. The lowest BCUT2D eigenvalue weighted by Crippen LogP contribution is -2.50. The van der Waals surface area contributed by atoms with Crippen LogP contribution in [0.5, 0.6) is 0 Å². The van der Waals surface area contributed by atoms with Crippen molar-refractivity contribution in [2.45, 2.75) is 72.3 Å². The van der Waals surface area contributed by atoms with E-state index >= 15 is 0 Å². The van der Waals surface area contributed by atoms with Crippen LogP contribution in [0.2, 0.25) is 0 Å². The number of hydrogen-bond acceptors (Lipinski definition) is 5. The van der Waals surface area contributed by atoms with Crippen LogP contribution >= 0.6 is 11.3 Å². The van der Waals surface area contributed by atoms with Crippen LogP contribution in [-0.4, -0.2) is 18.3 Å². The molecule has 0 unspecified atom stereocenters. The first-order valence-electron chi connectivity index (χ1n) is 12.9. The zero-order chi connectivity index (χ0) is 23.9. The molecule has 1 heterocycles. The summed E-state index contributed by atoms with van der Waals surface area (Å²) in [5.41, 5.74) is 5.91. The third-order valence-corrected chi connectivity index (χ3v) is 10.6. The number of fused-ring (bicyclic) bond motifs is 5. The van der Waals surface area contributed by atoms with E-state index in [0.29, 0.717) is 24.2 Å². The molecule has 0 bridgehead atoms. The highest BCUT2D eigenvalue weighted by molar-refractivity contribution is 7.09. The van der Waals surface area contributed by atoms with Crippen molar-refractivity contribution in [3.63, 3.8) is 0 Å². The minimum Gasteiger partial charge on any atom is -0.349 e. The highest BCUT2D eigenvalue weighted by Crippen LogP contribution is 2.66. The normalized spacial score (nSPS) is 36.4. The van der Waals surface area contributed by atoms with E-state index in [1.54, 1.807) is 11.3 Å². The van der Waals surface area contributed by atoms with Crippen LogP contribution in [0.25, 0.3) is 0 Å². The first-order valence-corrected chi connectivity index (χ1v) is 13.8. The summed E-state index contributed by atoms with van der Waals surface area (Å²) in [7, 11) is 0. The van der Waals surface area contributed by atoms with E-state index < -0.39 is 0 Å². The monoisotopic (exact) mass is 482 g/mol. The van der Waals surface area contributed by atoms with Crippen LogP contribution in [0.1, 0.15) is 70.6 Å². The summed E-state index contributed by atoms with van der Waals surface area (Å²) in [6.07, 6.45) is 12.6. The summed E-state index contributed by atoms with van der Waals surface area (Å²) in [5, 5.41) is 4.89. The number of ketones is 1. The molecule has 0 aromatic carbocycles. The van der Waals surface area contributed by atoms with Crippen LogP contribution < -0.4 is 10.8 Å². The summed E-state index contributed by atoms with van der Waals surface area (Å²) in [6, 6.07) is 3.99. The molecule has 5 rings (SSSR count). The molecule has 4 aliphatic rings. The highest BCUT2D eigenvalue weighted by Gasteiger charge is 2.59. The van der Waals surface area contributed by atoms with Gasteiger partial charge in [0.2, 0.25) is 5.91 Å². The molecule has 6 atom stereocenters. The Morgan fingerprint density at radius 2 is 2.03 bits per heavy atom. The fourth-order valence-electron chi connectivity index (χ4n) is 7.99. The Balaban J connectivity index is 1.17. The number of nitrogens with one attached hydrogen (secondary N) is 2. The van der Waals surface area contributed by atoms with Gasteiger partial charge in [-0.05, 0) is 98.0 Å². The van der Waals surface area contributed by atoms with Gasteiger partial charge in [-0.1, -0.05) is 31.6 Å². The van der Waals surface area contributed by atoms with Crippen LogP contribution in [-0.2, 0) is 21.0 Å². The first kappa shape index (κ1) is 23.8. The molecule has 34 heavy (non-hydrogen) atoms. The number of carbonyl (C=O) groups is 2. The van der Waals surface area contributed by atoms with Gasteiger partial charge in [-0.2, -0.15) is 0 Å². The molecule has 0 aliphatic heterocycles. The average Bonchev–Trinajstić information content (AvgIpc) is 3.45. The SMILES string of the molecule is CC(=O)[C@H]1CC[C@@H]2[C@@H]3CCC4=CC(NOCC(=O)NCc5cccs5)=CC[C@]4(C)[C@@H]3CC[C@]12C. The Bertz CT molecular complexity index is 999. The molecule has 2 N–H and O–H groups in total. The molecule has 4 aliphatic carbocycles. The van der Waals surface area contributed by atoms with Gasteiger partial charge in [-0.15, -0.1) is 11.3 Å². The molecule has 1 amide bonds. The minimum absolute atomic E-state index is 0.00850. The molecule has 3 fully saturated rings. The number of allylic oxidation sites excluding steroid dienone is 3. The van der Waals surface area contributed by atoms with Gasteiger partial charge in [0.25, 0.3) is 0 Å². The van der Waals surface area contributed by atoms with Crippen molar-refractivity contribution in [2.24, 2.45) is 34.5 Å². The van der Waals surface area contributed by atoms with E-state index in [0.717, 1.165) is 35.8 Å². The third-order valence-electron chi connectivity index (χ3n) is 9.74. The number of hydroxylamine groups is 1. The van der Waals surface area contributed by atoms with E-state index in [9.17, 15) is 9.59 Å². The Morgan fingerprint density at radius 3 is 2.79 bits per heavy atom. The number of carbonyl (C=O) groups excluding carboxylic acids is 2. The number of Topliss-reactive ketones (excluding diaryl/α,β-unsaturated/α-hetero) is 1. The Morgan fingerprint density at radius 1 is 1.18 bits per heavy atom. The summed E-state index contributed by atoms with van der Waals surface area (Å²) in [6.45, 7) is 7.22. The molecule has 3 saturated carbocycles. The van der Waals surface area contributed by atoms with Crippen LogP contribution in [0.4, 0.5) is 0 Å². The maximum atomic E-state index is 12.4. The summed E-state index contributed by atoms with van der Waals surface area (Å²) in [4.78, 5) is 31.1. The van der Waals surface area contributed by atoms with Gasteiger partial charge in [0.05, 0.1) is 12.2 Å². The van der Waals surface area contributed by atoms with Gasteiger partial charge >= 0.3 is 0 Å².